The van der Waals surface area contributed by atoms with Crippen molar-refractivity contribution in [3.05, 3.63) is 35.9 Å². The molecule has 2 bridgehead atoms. The van der Waals surface area contributed by atoms with Crippen LogP contribution in [0.3, 0.4) is 0 Å². The largest absolute Gasteiger partial charge is 0.408 e. The summed E-state index contributed by atoms with van der Waals surface area (Å²) >= 11 is 0. The van der Waals surface area contributed by atoms with Gasteiger partial charge in [0, 0.05) is 44.1 Å². The number of carbonyl (C=O) groups excluding carboxylic acids is 1. The fourth-order valence-electron chi connectivity index (χ4n) is 4.38. The smallest absolute Gasteiger partial charge is 0.192 e. The van der Waals surface area contributed by atoms with Crippen molar-refractivity contribution in [3.8, 4) is 0 Å². The van der Waals surface area contributed by atoms with Crippen LogP contribution in [0.4, 0.5) is 0 Å². The van der Waals surface area contributed by atoms with Crippen molar-refractivity contribution < 1.29 is 9.22 Å². The van der Waals surface area contributed by atoms with Gasteiger partial charge >= 0.3 is 0 Å². The van der Waals surface area contributed by atoms with Crippen LogP contribution in [0.1, 0.15) is 39.4 Å². The average Bonchev–Trinajstić information content (AvgIpc) is 2.60. The van der Waals surface area contributed by atoms with Gasteiger partial charge in [-0.25, -0.2) is 0 Å². The molecule has 2 aliphatic heterocycles. The summed E-state index contributed by atoms with van der Waals surface area (Å²) in [6.45, 7) is 17.3. The van der Waals surface area contributed by atoms with Crippen LogP contribution in [0.15, 0.2) is 30.3 Å². The van der Waals surface area contributed by atoms with Crippen LogP contribution in [-0.2, 0) is 9.22 Å². The summed E-state index contributed by atoms with van der Waals surface area (Å²) in [5.41, 5.74) is 1.25. The molecule has 2 aliphatic rings. The number of hydrogen-bond acceptors (Lipinski definition) is 4. The first-order chi connectivity index (χ1) is 13.0. The molecule has 2 saturated heterocycles. The predicted octanol–water partition coefficient (Wildman–Crippen LogP) is 4.20. The first kappa shape index (κ1) is 21.7. The summed E-state index contributed by atoms with van der Waals surface area (Å²) in [7, 11) is 0.206. The summed E-state index contributed by atoms with van der Waals surface area (Å²) in [6, 6.07) is 10.9. The third-order valence-corrected chi connectivity index (χ3v) is 11.6. The highest BCUT2D eigenvalue weighted by atomic mass is 28.4. The van der Waals surface area contributed by atoms with Crippen LogP contribution in [0.2, 0.25) is 18.1 Å². The molecule has 4 nitrogen and oxygen atoms in total. The molecule has 2 heterocycles. The summed E-state index contributed by atoms with van der Waals surface area (Å²) in [5, 5.41) is 0.164. The molecule has 2 unspecified atom stereocenters. The molecule has 0 radical (unpaired) electrons. The molecule has 0 saturated carbocycles. The second-order valence-electron chi connectivity index (χ2n) is 10.4. The fourth-order valence-corrected chi connectivity index (χ4v) is 5.70. The second-order valence-corrected chi connectivity index (χ2v) is 15.2. The molecule has 0 spiro atoms. The van der Waals surface area contributed by atoms with Crippen LogP contribution in [0.25, 0.3) is 0 Å². The molecule has 2 fully saturated rings. The highest BCUT2D eigenvalue weighted by Gasteiger charge is 2.45. The molecule has 0 aliphatic carbocycles. The molecule has 156 valence electrons. The summed E-state index contributed by atoms with van der Waals surface area (Å²) in [5.74, 6) is 0.761. The molecule has 0 aromatic heterocycles. The van der Waals surface area contributed by atoms with Crippen LogP contribution in [-0.4, -0.2) is 63.2 Å². The normalized spacial score (nSPS) is 26.9. The van der Waals surface area contributed by atoms with Crippen molar-refractivity contribution >= 4 is 14.1 Å². The number of carbonyl (C=O) groups is 1. The lowest BCUT2D eigenvalue weighted by atomic mass is 9.82. The molecule has 1 aromatic rings. The maximum absolute atomic E-state index is 12.6. The van der Waals surface area contributed by atoms with Gasteiger partial charge in [-0.1, -0.05) is 51.1 Å². The van der Waals surface area contributed by atoms with E-state index >= 15 is 0 Å². The third kappa shape index (κ3) is 4.43. The molecular weight excluding hydrogens is 364 g/mol. The Morgan fingerprint density at radius 1 is 1.04 bits per heavy atom. The number of hydrogen-bond donors (Lipinski definition) is 0. The highest BCUT2D eigenvalue weighted by Crippen LogP contribution is 2.41. The minimum Gasteiger partial charge on any atom is -0.408 e. The average molecular weight is 403 g/mol. The van der Waals surface area contributed by atoms with Crippen LogP contribution in [0.5, 0.6) is 0 Å². The van der Waals surface area contributed by atoms with E-state index in [4.69, 9.17) is 4.43 Å². The van der Waals surface area contributed by atoms with Gasteiger partial charge in [-0.05, 0) is 37.7 Å². The molecule has 0 amide bonds. The maximum Gasteiger partial charge on any atom is 0.192 e. The van der Waals surface area contributed by atoms with Crippen molar-refractivity contribution in [1.29, 1.82) is 0 Å². The van der Waals surface area contributed by atoms with Crippen LogP contribution in [0, 0.1) is 11.8 Å². The molecule has 4 atom stereocenters. The Kier molecular flexibility index (Phi) is 6.21. The predicted molar refractivity (Wildman–Crippen MR) is 118 cm³/mol. The highest BCUT2D eigenvalue weighted by molar-refractivity contribution is 6.74. The topological polar surface area (TPSA) is 32.8 Å². The Hall–Kier alpha value is -1.01. The van der Waals surface area contributed by atoms with E-state index in [1.165, 1.54) is 5.56 Å². The Morgan fingerprint density at radius 3 is 2.07 bits per heavy atom. The first-order valence-corrected chi connectivity index (χ1v) is 13.6. The van der Waals surface area contributed by atoms with E-state index in [0.717, 1.165) is 26.2 Å². The van der Waals surface area contributed by atoms with Crippen molar-refractivity contribution in [2.24, 2.45) is 11.8 Å². The SMILES string of the molecule is C[C@@H]([C@H](O[Si](C)(C)C(C)(C)C)c1ccccc1)N1CC2CN(C)CC(C1)C2=O. The number of Topliss-reactive ketones (excluding diaryl/α,β-unsaturated/α-hetero) is 1. The number of nitrogens with zero attached hydrogens (tertiary/aromatic N) is 2. The van der Waals surface area contributed by atoms with Gasteiger partial charge in [0.2, 0.25) is 0 Å². The zero-order chi connectivity index (χ0) is 20.7. The fraction of sp³-hybridized carbons (Fsp3) is 0.696. The third-order valence-electron chi connectivity index (χ3n) is 7.15. The Morgan fingerprint density at radius 2 is 1.57 bits per heavy atom. The Labute approximate surface area is 172 Å². The van der Waals surface area contributed by atoms with Gasteiger partial charge in [-0.2, -0.15) is 0 Å². The van der Waals surface area contributed by atoms with E-state index < -0.39 is 8.32 Å². The van der Waals surface area contributed by atoms with Crippen LogP contribution >= 0.6 is 0 Å². The van der Waals surface area contributed by atoms with Gasteiger partial charge in [-0.3, -0.25) is 9.69 Å². The van der Waals surface area contributed by atoms with Gasteiger partial charge < -0.3 is 9.33 Å². The van der Waals surface area contributed by atoms with Gasteiger partial charge in [-0.15, -0.1) is 0 Å². The number of rotatable bonds is 5. The quantitative estimate of drug-likeness (QED) is 0.691. The lowest BCUT2D eigenvalue weighted by Crippen LogP contribution is -2.60. The van der Waals surface area contributed by atoms with Crippen molar-refractivity contribution in [3.63, 3.8) is 0 Å². The van der Waals surface area contributed by atoms with E-state index in [0.29, 0.717) is 5.78 Å². The molecule has 3 rings (SSSR count). The Bertz CT molecular complexity index is 668. The molecule has 5 heteroatoms. The van der Waals surface area contributed by atoms with Crippen molar-refractivity contribution in [1.82, 2.24) is 9.80 Å². The first-order valence-electron chi connectivity index (χ1n) is 10.7. The minimum absolute atomic E-state index is 0.0359. The zero-order valence-corrected chi connectivity index (χ0v) is 19.7. The van der Waals surface area contributed by atoms with E-state index in [-0.39, 0.29) is 29.0 Å². The standard InChI is InChI=1S/C23H38N2O2Si/c1-17(25-15-19-13-24(5)14-20(16-25)21(19)26)22(18-11-9-8-10-12-18)27-28(6,7)23(2,3)4/h8-12,17,19-20,22H,13-16H2,1-7H3/t17-,19?,20?,22-/m0/s1. The van der Waals surface area contributed by atoms with Gasteiger partial charge in [0.25, 0.3) is 0 Å². The van der Waals surface area contributed by atoms with E-state index in [2.05, 4.69) is 88.0 Å². The van der Waals surface area contributed by atoms with Crippen molar-refractivity contribution in [2.45, 2.75) is 58.0 Å². The van der Waals surface area contributed by atoms with E-state index in [1.807, 2.05) is 0 Å². The van der Waals surface area contributed by atoms with Gasteiger partial charge in [0.15, 0.2) is 8.32 Å². The maximum atomic E-state index is 12.6. The van der Waals surface area contributed by atoms with Crippen LogP contribution < -0.4 is 0 Å². The molecular formula is C23H38N2O2Si. The van der Waals surface area contributed by atoms with Gasteiger partial charge in [0.1, 0.15) is 5.78 Å². The van der Waals surface area contributed by atoms with E-state index in [9.17, 15) is 4.79 Å². The second kappa shape index (κ2) is 8.02. The summed E-state index contributed by atoms with van der Waals surface area (Å²) < 4.78 is 6.98. The number of ketones is 1. The summed E-state index contributed by atoms with van der Waals surface area (Å²) in [6.07, 6.45) is 0.0359. The number of benzene rings is 1. The van der Waals surface area contributed by atoms with Crippen molar-refractivity contribution in [2.75, 3.05) is 33.2 Å². The van der Waals surface area contributed by atoms with Gasteiger partial charge in [0.05, 0.1) is 6.10 Å². The summed E-state index contributed by atoms with van der Waals surface area (Å²) in [4.78, 5) is 17.5. The monoisotopic (exact) mass is 402 g/mol. The number of likely N-dealkylation sites (tertiary alicyclic amines) is 2. The minimum atomic E-state index is -1.93. The number of fused-ring (bicyclic) bond motifs is 2. The van der Waals surface area contributed by atoms with E-state index in [1.54, 1.807) is 0 Å². The Balaban J connectivity index is 1.85. The molecule has 28 heavy (non-hydrogen) atoms. The zero-order valence-electron chi connectivity index (χ0n) is 18.7. The lowest BCUT2D eigenvalue weighted by molar-refractivity contribution is -0.138. The molecule has 1 aromatic carbocycles. The number of piperidine rings is 2. The lowest BCUT2D eigenvalue weighted by Gasteiger charge is -2.48. The molecule has 0 N–H and O–H groups in total.